The van der Waals surface area contributed by atoms with Crippen LogP contribution in [0.25, 0.3) is 0 Å². The fourth-order valence-corrected chi connectivity index (χ4v) is 2.97. The van der Waals surface area contributed by atoms with E-state index in [1.807, 2.05) is 17.0 Å². The number of nitrogen functional groups attached to an aromatic ring is 1. The number of anilines is 1. The van der Waals surface area contributed by atoms with Crippen molar-refractivity contribution in [3.63, 3.8) is 0 Å². The molecule has 0 unspecified atom stereocenters. The van der Waals surface area contributed by atoms with E-state index in [1.165, 1.54) is 18.4 Å². The first-order chi connectivity index (χ1) is 11.5. The number of esters is 1. The molecule has 1 heterocycles. The fourth-order valence-electron chi connectivity index (χ4n) is 2.25. The van der Waals surface area contributed by atoms with Crippen LogP contribution in [0.15, 0.2) is 24.4 Å². The summed E-state index contributed by atoms with van der Waals surface area (Å²) in [6.45, 7) is 1.23. The largest absolute Gasteiger partial charge is 0.497 e. The third-order valence-electron chi connectivity index (χ3n) is 3.35. The lowest BCUT2D eigenvalue weighted by atomic mass is 10.2. The number of thiazole rings is 1. The lowest BCUT2D eigenvalue weighted by molar-refractivity contribution is -0.142. The molecule has 1 aromatic heterocycles. The minimum Gasteiger partial charge on any atom is -0.497 e. The molecule has 24 heavy (non-hydrogen) atoms. The number of ether oxygens (including phenoxy) is 3. The van der Waals surface area contributed by atoms with Crippen molar-refractivity contribution in [2.75, 3.05) is 33.6 Å². The van der Waals surface area contributed by atoms with Crippen molar-refractivity contribution in [2.24, 2.45) is 0 Å². The van der Waals surface area contributed by atoms with Crippen LogP contribution in [0, 0.1) is 0 Å². The molecule has 0 fully saturated rings. The van der Waals surface area contributed by atoms with Crippen molar-refractivity contribution in [2.45, 2.75) is 13.1 Å². The second-order valence-corrected chi connectivity index (χ2v) is 6.25. The molecule has 0 atom stereocenters. The molecular formula is C16H21N3O4S. The minimum atomic E-state index is -0.303. The zero-order valence-electron chi connectivity index (χ0n) is 13.9. The van der Waals surface area contributed by atoms with Gasteiger partial charge in [-0.3, -0.25) is 9.69 Å². The number of hydrogen-bond acceptors (Lipinski definition) is 8. The number of carbonyl (C=O) groups excluding carboxylic acids is 1. The van der Waals surface area contributed by atoms with Crippen molar-refractivity contribution >= 4 is 22.4 Å². The first kappa shape index (κ1) is 18.0. The van der Waals surface area contributed by atoms with E-state index in [-0.39, 0.29) is 12.5 Å². The fraction of sp³-hybridized carbons (Fsp3) is 0.375. The molecule has 0 amide bonds. The van der Waals surface area contributed by atoms with Crippen LogP contribution < -0.4 is 15.2 Å². The molecule has 0 radical (unpaired) electrons. The molecule has 2 N–H and O–H groups in total. The highest BCUT2D eigenvalue weighted by Crippen LogP contribution is 2.24. The van der Waals surface area contributed by atoms with Crippen molar-refractivity contribution in [1.29, 1.82) is 0 Å². The first-order valence-corrected chi connectivity index (χ1v) is 8.07. The Bertz CT molecular complexity index is 667. The van der Waals surface area contributed by atoms with Crippen LogP contribution in [0.1, 0.15) is 10.4 Å². The van der Waals surface area contributed by atoms with Gasteiger partial charge in [-0.15, -0.1) is 11.3 Å². The molecule has 7 nitrogen and oxygen atoms in total. The Morgan fingerprint density at radius 1 is 1.17 bits per heavy atom. The Morgan fingerprint density at radius 2 is 1.83 bits per heavy atom. The van der Waals surface area contributed by atoms with Gasteiger partial charge in [-0.25, -0.2) is 4.98 Å². The molecule has 0 bridgehead atoms. The summed E-state index contributed by atoms with van der Waals surface area (Å²) in [6.07, 6.45) is 1.72. The minimum absolute atomic E-state index is 0.161. The summed E-state index contributed by atoms with van der Waals surface area (Å²) in [5.74, 6) is 1.09. The van der Waals surface area contributed by atoms with Crippen LogP contribution in [-0.2, 0) is 22.6 Å². The molecule has 2 rings (SSSR count). The quantitative estimate of drug-likeness (QED) is 0.727. The third kappa shape index (κ3) is 5.10. The normalized spacial score (nSPS) is 10.7. The molecule has 0 saturated heterocycles. The number of benzene rings is 1. The Hall–Kier alpha value is -2.32. The highest BCUT2D eigenvalue weighted by Gasteiger charge is 2.15. The van der Waals surface area contributed by atoms with Crippen LogP contribution in [0.2, 0.25) is 0 Å². The van der Waals surface area contributed by atoms with E-state index in [2.05, 4.69) is 4.98 Å². The summed E-state index contributed by atoms with van der Waals surface area (Å²) in [7, 11) is 4.58. The lowest BCUT2D eigenvalue weighted by Crippen LogP contribution is -2.29. The first-order valence-electron chi connectivity index (χ1n) is 7.25. The number of methoxy groups -OCH3 is 3. The highest BCUT2D eigenvalue weighted by atomic mass is 32.1. The highest BCUT2D eigenvalue weighted by molar-refractivity contribution is 7.15. The predicted molar refractivity (Wildman–Crippen MR) is 92.2 cm³/mol. The van der Waals surface area contributed by atoms with Gasteiger partial charge in [0.25, 0.3) is 0 Å². The van der Waals surface area contributed by atoms with E-state index in [0.717, 1.165) is 10.4 Å². The van der Waals surface area contributed by atoms with Crippen LogP contribution in [0.5, 0.6) is 11.5 Å². The molecule has 0 aliphatic carbocycles. The van der Waals surface area contributed by atoms with Crippen LogP contribution in [0.4, 0.5) is 5.13 Å². The van der Waals surface area contributed by atoms with Gasteiger partial charge in [0.1, 0.15) is 11.5 Å². The average molecular weight is 351 g/mol. The Morgan fingerprint density at radius 3 is 2.33 bits per heavy atom. The molecule has 130 valence electrons. The second-order valence-electron chi connectivity index (χ2n) is 5.11. The van der Waals surface area contributed by atoms with E-state index < -0.39 is 0 Å². The maximum atomic E-state index is 11.7. The van der Waals surface area contributed by atoms with Gasteiger partial charge >= 0.3 is 5.97 Å². The molecule has 8 heteroatoms. The Balaban J connectivity index is 2.18. The van der Waals surface area contributed by atoms with E-state index in [4.69, 9.17) is 19.9 Å². The lowest BCUT2D eigenvalue weighted by Gasteiger charge is -2.21. The predicted octanol–water partition coefficient (Wildman–Crippen LogP) is 1.92. The molecule has 1 aromatic carbocycles. The second kappa shape index (κ2) is 8.51. The van der Waals surface area contributed by atoms with E-state index in [0.29, 0.717) is 29.7 Å². The van der Waals surface area contributed by atoms with Gasteiger partial charge in [0, 0.05) is 30.2 Å². The smallest absolute Gasteiger partial charge is 0.319 e. The van der Waals surface area contributed by atoms with Crippen LogP contribution >= 0.6 is 11.3 Å². The van der Waals surface area contributed by atoms with Crippen LogP contribution in [0.3, 0.4) is 0 Å². The summed E-state index contributed by atoms with van der Waals surface area (Å²) in [5.41, 5.74) is 6.64. The Kier molecular flexibility index (Phi) is 6.39. The summed E-state index contributed by atoms with van der Waals surface area (Å²) < 4.78 is 15.4. The molecule has 2 aromatic rings. The number of nitrogens with zero attached hydrogens (tertiary/aromatic N) is 2. The standard InChI is InChI=1S/C16H21N3O4S/c1-21-12-4-11(5-13(6-12)22-2)8-19(10-15(20)23-3)9-14-7-18-16(17)24-14/h4-7H,8-10H2,1-3H3,(H2,17,18). The number of rotatable bonds is 8. The molecule has 0 spiro atoms. The van der Waals surface area contributed by atoms with Crippen molar-refractivity contribution in [3.05, 3.63) is 34.8 Å². The topological polar surface area (TPSA) is 86.9 Å². The van der Waals surface area contributed by atoms with Gasteiger partial charge in [-0.1, -0.05) is 0 Å². The number of nitrogens with two attached hydrogens (primary N) is 1. The van der Waals surface area contributed by atoms with E-state index >= 15 is 0 Å². The number of aromatic nitrogens is 1. The maximum Gasteiger partial charge on any atom is 0.319 e. The SMILES string of the molecule is COC(=O)CN(Cc1cc(OC)cc(OC)c1)Cc1cnc(N)s1. The van der Waals surface area contributed by atoms with Gasteiger partial charge in [-0.2, -0.15) is 0 Å². The van der Waals surface area contributed by atoms with Gasteiger partial charge in [-0.05, 0) is 17.7 Å². The van der Waals surface area contributed by atoms with E-state index in [1.54, 1.807) is 26.5 Å². The van der Waals surface area contributed by atoms with Gasteiger partial charge in [0.05, 0.1) is 27.9 Å². The van der Waals surface area contributed by atoms with Gasteiger partial charge in [0.15, 0.2) is 5.13 Å². The number of carbonyl (C=O) groups is 1. The molecule has 0 aliphatic heterocycles. The maximum absolute atomic E-state index is 11.7. The Labute approximate surface area is 145 Å². The van der Waals surface area contributed by atoms with E-state index in [9.17, 15) is 4.79 Å². The van der Waals surface area contributed by atoms with Gasteiger partial charge in [0.2, 0.25) is 0 Å². The van der Waals surface area contributed by atoms with Crippen molar-refractivity contribution in [1.82, 2.24) is 9.88 Å². The third-order valence-corrected chi connectivity index (χ3v) is 4.16. The average Bonchev–Trinajstić information content (AvgIpc) is 2.98. The summed E-state index contributed by atoms with van der Waals surface area (Å²) in [5, 5.41) is 0.506. The summed E-state index contributed by atoms with van der Waals surface area (Å²) in [4.78, 5) is 18.7. The molecule has 0 aliphatic rings. The monoisotopic (exact) mass is 351 g/mol. The molecule has 0 saturated carbocycles. The number of hydrogen-bond donors (Lipinski definition) is 1. The summed E-state index contributed by atoms with van der Waals surface area (Å²) in [6, 6.07) is 5.62. The zero-order chi connectivity index (χ0) is 17.5. The van der Waals surface area contributed by atoms with Crippen molar-refractivity contribution in [3.8, 4) is 11.5 Å². The van der Waals surface area contributed by atoms with Crippen LogP contribution in [-0.4, -0.2) is 43.7 Å². The van der Waals surface area contributed by atoms with Crippen molar-refractivity contribution < 1.29 is 19.0 Å². The zero-order valence-corrected chi connectivity index (χ0v) is 14.8. The van der Waals surface area contributed by atoms with Gasteiger partial charge < -0.3 is 19.9 Å². The molecular weight excluding hydrogens is 330 g/mol. The summed E-state index contributed by atoms with van der Waals surface area (Å²) >= 11 is 1.40.